The molecule has 0 aliphatic rings. The van der Waals surface area contributed by atoms with Crippen molar-refractivity contribution in [2.75, 3.05) is 6.54 Å². The maximum Gasteiger partial charge on any atom is 0.460 e. The molecule has 0 aromatic rings. The van der Waals surface area contributed by atoms with Crippen LogP contribution in [0, 0.1) is 0 Å². The van der Waals surface area contributed by atoms with Crippen LogP contribution in [0.1, 0.15) is 6.42 Å². The summed E-state index contributed by atoms with van der Waals surface area (Å²) < 4.78 is 223. The Labute approximate surface area is 191 Å². The number of amides is 1. The number of rotatable bonds is 12. The molecule has 0 saturated heterocycles. The second-order valence-electron chi connectivity index (χ2n) is 6.92. The summed E-state index contributed by atoms with van der Waals surface area (Å²) in [5, 5.41) is 18.6. The number of carboxylic acids is 1. The van der Waals surface area contributed by atoms with Crippen molar-refractivity contribution in [3.8, 4) is 0 Å². The highest BCUT2D eigenvalue weighted by molar-refractivity contribution is 5.93. The maximum atomic E-state index is 13.7. The summed E-state index contributed by atoms with van der Waals surface area (Å²) >= 11 is 0. The Morgan fingerprint density at radius 2 is 0.973 bits per heavy atom. The minimum Gasteiger partial charge on any atom is -0.478 e. The summed E-state index contributed by atoms with van der Waals surface area (Å²) in [7, 11) is 0. The van der Waals surface area contributed by atoms with E-state index in [0.717, 1.165) is 0 Å². The maximum absolute atomic E-state index is 13.7. The van der Waals surface area contributed by atoms with Gasteiger partial charge in [0.1, 0.15) is 0 Å². The molecule has 0 rings (SSSR count). The number of nitrogens with one attached hydrogen (secondary N) is 1. The van der Waals surface area contributed by atoms with E-state index in [9.17, 15) is 84.2 Å². The molecule has 0 aromatic heterocycles. The molecule has 1 unspecified atom stereocenters. The number of carbonyl (C=O) groups is 2. The number of carbonyl (C=O) groups excluding carboxylic acids is 1. The van der Waals surface area contributed by atoms with Crippen molar-refractivity contribution in [1.29, 1.82) is 0 Å². The molecule has 5 nitrogen and oxygen atoms in total. The summed E-state index contributed by atoms with van der Waals surface area (Å²) in [6.45, 7) is -1.66. The fourth-order valence-electron chi connectivity index (χ4n) is 2.12. The highest BCUT2D eigenvalue weighted by Crippen LogP contribution is 2.64. The summed E-state index contributed by atoms with van der Waals surface area (Å²) in [5.74, 6) is -61.0. The van der Waals surface area contributed by atoms with Crippen LogP contribution in [0.4, 0.5) is 74.6 Å². The number of aliphatic carboxylic acids is 1. The van der Waals surface area contributed by atoms with Gasteiger partial charge in [-0.1, -0.05) is 0 Å². The van der Waals surface area contributed by atoms with Gasteiger partial charge in [-0.3, -0.25) is 4.79 Å². The number of hydrogen-bond acceptors (Lipinski definition) is 3. The van der Waals surface area contributed by atoms with Crippen molar-refractivity contribution >= 4 is 11.9 Å². The van der Waals surface area contributed by atoms with Crippen LogP contribution in [0.15, 0.2) is 12.2 Å². The lowest BCUT2D eigenvalue weighted by atomic mass is 9.87. The fraction of sp³-hybridized carbons (Fsp3) is 0.733. The Kier molecular flexibility index (Phi) is 9.28. The van der Waals surface area contributed by atoms with Crippen LogP contribution < -0.4 is 5.32 Å². The van der Waals surface area contributed by atoms with Crippen molar-refractivity contribution in [2.24, 2.45) is 0 Å². The zero-order chi connectivity index (χ0) is 30.3. The van der Waals surface area contributed by atoms with E-state index in [1.165, 1.54) is 5.32 Å². The predicted octanol–water partition coefficient (Wildman–Crippen LogP) is 4.50. The van der Waals surface area contributed by atoms with Crippen LogP contribution in [0.25, 0.3) is 0 Å². The van der Waals surface area contributed by atoms with Gasteiger partial charge in [-0.15, -0.1) is 0 Å². The molecule has 0 aliphatic heterocycles. The van der Waals surface area contributed by atoms with Crippen molar-refractivity contribution in [3.63, 3.8) is 0 Å². The Bertz CT molecular complexity index is 880. The van der Waals surface area contributed by atoms with E-state index in [1.54, 1.807) is 0 Å². The number of aliphatic hydroxyl groups is 1. The molecule has 0 saturated carbocycles. The first kappa shape index (κ1) is 34.5. The second kappa shape index (κ2) is 9.97. The van der Waals surface area contributed by atoms with E-state index in [2.05, 4.69) is 0 Å². The zero-order valence-corrected chi connectivity index (χ0v) is 16.8. The van der Waals surface area contributed by atoms with Gasteiger partial charge < -0.3 is 15.5 Å². The van der Waals surface area contributed by atoms with Gasteiger partial charge in [0.2, 0.25) is 5.91 Å². The third-order valence-electron chi connectivity index (χ3n) is 4.17. The van der Waals surface area contributed by atoms with Crippen molar-refractivity contribution < 1.29 is 94.4 Å². The van der Waals surface area contributed by atoms with Gasteiger partial charge in [0.25, 0.3) is 0 Å². The van der Waals surface area contributed by atoms with E-state index in [0.29, 0.717) is 0 Å². The van der Waals surface area contributed by atoms with Crippen LogP contribution >= 0.6 is 0 Å². The highest BCUT2D eigenvalue weighted by atomic mass is 19.4. The van der Waals surface area contributed by atoms with Gasteiger partial charge in [-0.25, -0.2) is 4.79 Å². The molecule has 1 amide bonds. The third kappa shape index (κ3) is 5.81. The summed E-state index contributed by atoms with van der Waals surface area (Å²) in [4.78, 5) is 21.2. The van der Waals surface area contributed by atoms with Gasteiger partial charge in [0, 0.05) is 25.1 Å². The van der Waals surface area contributed by atoms with E-state index < -0.39 is 78.6 Å². The lowest BCUT2D eigenvalue weighted by molar-refractivity contribution is -0.462. The molecule has 3 N–H and O–H groups in total. The number of aliphatic hydroxyl groups excluding tert-OH is 1. The van der Waals surface area contributed by atoms with Gasteiger partial charge in [0.05, 0.1) is 6.10 Å². The Morgan fingerprint density at radius 3 is 1.32 bits per heavy atom. The first-order valence-corrected chi connectivity index (χ1v) is 8.54. The first-order valence-electron chi connectivity index (χ1n) is 8.54. The molecular weight excluding hydrogens is 581 g/mol. The van der Waals surface area contributed by atoms with Gasteiger partial charge in [0.15, 0.2) is 0 Å². The normalized spacial score (nSPS) is 16.2. The molecule has 0 heterocycles. The van der Waals surface area contributed by atoms with E-state index in [4.69, 9.17) is 10.2 Å². The minimum absolute atomic E-state index is 0.0887. The number of carboxylic acid groups (broad SMARTS) is 1. The predicted molar refractivity (Wildman–Crippen MR) is 81.1 cm³/mol. The van der Waals surface area contributed by atoms with Crippen LogP contribution in [-0.2, 0) is 9.59 Å². The van der Waals surface area contributed by atoms with Crippen molar-refractivity contribution in [2.45, 2.75) is 60.2 Å². The summed E-state index contributed by atoms with van der Waals surface area (Å²) in [5.41, 5.74) is 0. The smallest absolute Gasteiger partial charge is 0.460 e. The zero-order valence-electron chi connectivity index (χ0n) is 16.8. The Hall–Kier alpha value is -2.55. The minimum atomic E-state index is -8.76. The summed E-state index contributed by atoms with van der Waals surface area (Å²) in [6.07, 6.45) is -14.0. The Morgan fingerprint density at radius 1 is 0.622 bits per heavy atom. The summed E-state index contributed by atoms with van der Waals surface area (Å²) in [6, 6.07) is 0. The Balaban J connectivity index is 6.20. The number of halogens is 17. The lowest BCUT2D eigenvalue weighted by Gasteiger charge is -2.43. The number of hydrogen-bond donors (Lipinski definition) is 3. The van der Waals surface area contributed by atoms with Crippen LogP contribution in [0.2, 0.25) is 0 Å². The SMILES string of the molecule is O=C(O)/C=C\C(=O)NCC(O)CC(F)(F)C(F)(F)C(F)(F)C(F)(F)C(F)(F)C(F)(F)C(F)(F)C(F)(F)F. The molecule has 0 fully saturated rings. The van der Waals surface area contributed by atoms with Gasteiger partial charge in [-0.2, -0.15) is 74.6 Å². The average Bonchev–Trinajstić information content (AvgIpc) is 2.68. The molecule has 1 atom stereocenters. The first-order chi connectivity index (χ1) is 16.0. The molecule has 22 heteroatoms. The quantitative estimate of drug-likeness (QED) is 0.231. The molecule has 0 aliphatic carbocycles. The molecule has 218 valence electrons. The number of alkyl halides is 17. The van der Waals surface area contributed by atoms with E-state index in [1.807, 2.05) is 0 Å². The standard InChI is InChI=1S/C15H10F17NO4/c16-8(17,3-5(34)4-33-6(35)1-2-7(36)37)9(18,19)10(20,21)11(22,23)12(24,25)13(26,27)14(28,29)15(30,31)32/h1-2,5,34H,3-4H2,(H,33,35)(H,36,37)/b2-1-. The van der Waals surface area contributed by atoms with Crippen molar-refractivity contribution in [3.05, 3.63) is 12.2 Å². The molecule has 0 aromatic carbocycles. The lowest BCUT2D eigenvalue weighted by Crippen LogP contribution is -2.74. The largest absolute Gasteiger partial charge is 0.478 e. The van der Waals surface area contributed by atoms with Gasteiger partial charge in [-0.05, 0) is 0 Å². The average molecular weight is 591 g/mol. The van der Waals surface area contributed by atoms with Crippen LogP contribution in [0.3, 0.4) is 0 Å². The molecule has 0 radical (unpaired) electrons. The monoisotopic (exact) mass is 591 g/mol. The molecule has 0 bridgehead atoms. The van der Waals surface area contributed by atoms with Gasteiger partial charge >= 0.3 is 53.6 Å². The molecular formula is C15H10F17NO4. The van der Waals surface area contributed by atoms with Crippen molar-refractivity contribution in [1.82, 2.24) is 5.32 Å². The molecule has 37 heavy (non-hydrogen) atoms. The second-order valence-corrected chi connectivity index (χ2v) is 6.92. The topological polar surface area (TPSA) is 86.6 Å². The third-order valence-corrected chi connectivity index (χ3v) is 4.17. The molecule has 0 spiro atoms. The van der Waals surface area contributed by atoms with Crippen LogP contribution in [-0.4, -0.2) is 82.4 Å². The van der Waals surface area contributed by atoms with E-state index in [-0.39, 0.29) is 12.2 Å². The van der Waals surface area contributed by atoms with Crippen LogP contribution in [0.5, 0.6) is 0 Å². The fourth-order valence-corrected chi connectivity index (χ4v) is 2.12. The van der Waals surface area contributed by atoms with E-state index >= 15 is 0 Å². The highest BCUT2D eigenvalue weighted by Gasteiger charge is 2.95.